The molecule has 0 saturated carbocycles. The Kier molecular flexibility index (Phi) is 4.42. The summed E-state index contributed by atoms with van der Waals surface area (Å²) < 4.78 is 36.2. The number of alkyl halides is 3. The first kappa shape index (κ1) is 14.6. The van der Waals surface area contributed by atoms with E-state index in [1.54, 1.807) is 0 Å². The van der Waals surface area contributed by atoms with Crippen molar-refractivity contribution in [3.8, 4) is 0 Å². The molecule has 104 valence electrons. The first-order chi connectivity index (χ1) is 8.20. The molecule has 5 nitrogen and oxygen atoms in total. The van der Waals surface area contributed by atoms with Crippen molar-refractivity contribution >= 4 is 12.0 Å². The molecule has 8 heteroatoms. The van der Waals surface area contributed by atoms with Crippen LogP contribution in [0.25, 0.3) is 0 Å². The van der Waals surface area contributed by atoms with Gasteiger partial charge in [-0.2, -0.15) is 13.2 Å². The van der Waals surface area contributed by atoms with Gasteiger partial charge < -0.3 is 15.3 Å². The number of hydrogen-bond donors (Lipinski definition) is 2. The number of rotatable bonds is 3. The lowest BCUT2D eigenvalue weighted by Crippen LogP contribution is -2.49. The van der Waals surface area contributed by atoms with Crippen molar-refractivity contribution in [1.29, 1.82) is 0 Å². The van der Waals surface area contributed by atoms with Gasteiger partial charge >= 0.3 is 18.2 Å². The zero-order valence-electron chi connectivity index (χ0n) is 9.83. The fraction of sp³-hybridized carbons (Fsp3) is 0.800. The van der Waals surface area contributed by atoms with E-state index in [0.29, 0.717) is 12.8 Å². The van der Waals surface area contributed by atoms with Crippen LogP contribution >= 0.6 is 0 Å². The highest BCUT2D eigenvalue weighted by molar-refractivity contribution is 5.83. The lowest BCUT2D eigenvalue weighted by Gasteiger charge is -2.24. The van der Waals surface area contributed by atoms with Crippen molar-refractivity contribution in [3.63, 3.8) is 0 Å². The van der Waals surface area contributed by atoms with Gasteiger partial charge in [0.15, 0.2) is 0 Å². The zero-order chi connectivity index (χ0) is 13.9. The molecule has 2 N–H and O–H groups in total. The van der Waals surface area contributed by atoms with Crippen LogP contribution < -0.4 is 5.32 Å². The fourth-order valence-corrected chi connectivity index (χ4v) is 1.96. The molecule has 1 aliphatic heterocycles. The number of carboxylic acid groups (broad SMARTS) is 1. The fourth-order valence-electron chi connectivity index (χ4n) is 1.96. The molecular formula is C10H15F3N2O3. The number of carbonyl (C=O) groups excluding carboxylic acids is 1. The molecule has 2 atom stereocenters. The quantitative estimate of drug-likeness (QED) is 0.816. The number of aliphatic carboxylic acids is 1. The average molecular weight is 268 g/mol. The predicted octanol–water partition coefficient (Wildman–Crippen LogP) is 1.59. The molecule has 0 aromatic rings. The summed E-state index contributed by atoms with van der Waals surface area (Å²) in [6.45, 7) is 1.48. The monoisotopic (exact) mass is 268 g/mol. The standard InChI is InChI=1S/C10H15F3N2O3/c1-6(5-10(11,12)13)14-9(18)15-4-2-3-7(15)8(16)17/h6-7H,2-5H2,1H3,(H,14,18)(H,16,17)/t6?,7-/m0/s1. The van der Waals surface area contributed by atoms with Crippen LogP contribution in [0, 0.1) is 0 Å². The lowest BCUT2D eigenvalue weighted by atomic mass is 10.2. The van der Waals surface area contributed by atoms with Gasteiger partial charge in [0.2, 0.25) is 0 Å². The Morgan fingerprint density at radius 3 is 2.61 bits per heavy atom. The first-order valence-electron chi connectivity index (χ1n) is 5.57. The molecule has 18 heavy (non-hydrogen) atoms. The number of nitrogens with one attached hydrogen (secondary N) is 1. The van der Waals surface area contributed by atoms with Gasteiger partial charge in [-0.05, 0) is 19.8 Å². The van der Waals surface area contributed by atoms with E-state index in [0.717, 1.165) is 4.90 Å². The number of hydrogen-bond acceptors (Lipinski definition) is 2. The Labute approximate surface area is 102 Å². The molecule has 1 heterocycles. The molecule has 1 saturated heterocycles. The van der Waals surface area contributed by atoms with E-state index < -0.39 is 36.7 Å². The molecule has 0 spiro atoms. The van der Waals surface area contributed by atoms with Crippen LogP contribution in [0.1, 0.15) is 26.2 Å². The van der Waals surface area contributed by atoms with Crippen molar-refractivity contribution in [1.82, 2.24) is 10.2 Å². The Morgan fingerprint density at radius 2 is 2.11 bits per heavy atom. The summed E-state index contributed by atoms with van der Waals surface area (Å²) in [7, 11) is 0. The summed E-state index contributed by atoms with van der Waals surface area (Å²) >= 11 is 0. The third-order valence-corrected chi connectivity index (χ3v) is 2.71. The van der Waals surface area contributed by atoms with Gasteiger partial charge in [0, 0.05) is 12.6 Å². The Morgan fingerprint density at radius 1 is 1.50 bits per heavy atom. The second-order valence-electron chi connectivity index (χ2n) is 4.36. The average Bonchev–Trinajstić information content (AvgIpc) is 2.61. The maximum Gasteiger partial charge on any atom is 0.391 e. The normalized spacial score (nSPS) is 21.8. The van der Waals surface area contributed by atoms with E-state index in [9.17, 15) is 22.8 Å². The second kappa shape index (κ2) is 5.45. The third-order valence-electron chi connectivity index (χ3n) is 2.71. The molecule has 0 bridgehead atoms. The molecule has 0 aromatic heterocycles. The number of amides is 2. The van der Waals surface area contributed by atoms with Gasteiger partial charge in [-0.15, -0.1) is 0 Å². The van der Waals surface area contributed by atoms with Gasteiger partial charge in [0.1, 0.15) is 6.04 Å². The SMILES string of the molecule is CC(CC(F)(F)F)NC(=O)N1CCC[C@H]1C(=O)O. The van der Waals surface area contributed by atoms with Crippen LogP contribution in [0.5, 0.6) is 0 Å². The van der Waals surface area contributed by atoms with E-state index in [4.69, 9.17) is 5.11 Å². The minimum atomic E-state index is -4.36. The molecule has 0 radical (unpaired) electrons. The largest absolute Gasteiger partial charge is 0.480 e. The predicted molar refractivity (Wildman–Crippen MR) is 56.0 cm³/mol. The number of halogens is 3. The van der Waals surface area contributed by atoms with Crippen molar-refractivity contribution in [2.45, 2.75) is 44.4 Å². The molecule has 1 unspecified atom stereocenters. The minimum Gasteiger partial charge on any atom is -0.480 e. The topological polar surface area (TPSA) is 69.6 Å². The van der Waals surface area contributed by atoms with E-state index in [1.807, 2.05) is 0 Å². The molecule has 1 fully saturated rings. The van der Waals surface area contributed by atoms with Crippen LogP contribution in [0.3, 0.4) is 0 Å². The van der Waals surface area contributed by atoms with Crippen LogP contribution in [0.4, 0.5) is 18.0 Å². The number of carbonyl (C=O) groups is 2. The summed E-state index contributed by atoms with van der Waals surface area (Å²) in [5.41, 5.74) is 0. The van der Waals surface area contributed by atoms with E-state index >= 15 is 0 Å². The summed E-state index contributed by atoms with van der Waals surface area (Å²) in [5.74, 6) is -1.13. The maximum atomic E-state index is 12.1. The highest BCUT2D eigenvalue weighted by atomic mass is 19.4. The Balaban J connectivity index is 2.52. The number of nitrogens with zero attached hydrogens (tertiary/aromatic N) is 1. The summed E-state index contributed by atoms with van der Waals surface area (Å²) in [6, 6.07) is -2.77. The van der Waals surface area contributed by atoms with Gasteiger partial charge in [-0.25, -0.2) is 9.59 Å². The van der Waals surface area contributed by atoms with Crippen molar-refractivity contribution in [2.75, 3.05) is 6.54 Å². The van der Waals surface area contributed by atoms with Crippen molar-refractivity contribution in [2.24, 2.45) is 0 Å². The summed E-state index contributed by atoms with van der Waals surface area (Å²) in [5, 5.41) is 11.0. The van der Waals surface area contributed by atoms with Gasteiger partial charge in [-0.3, -0.25) is 0 Å². The molecule has 1 aliphatic rings. The van der Waals surface area contributed by atoms with E-state index in [2.05, 4.69) is 5.32 Å². The van der Waals surface area contributed by atoms with Gasteiger partial charge in [0.05, 0.1) is 6.42 Å². The van der Waals surface area contributed by atoms with Gasteiger partial charge in [-0.1, -0.05) is 0 Å². The zero-order valence-corrected chi connectivity index (χ0v) is 9.83. The number of urea groups is 1. The highest BCUT2D eigenvalue weighted by Gasteiger charge is 2.36. The number of likely N-dealkylation sites (tertiary alicyclic amines) is 1. The highest BCUT2D eigenvalue weighted by Crippen LogP contribution is 2.22. The van der Waals surface area contributed by atoms with Crippen molar-refractivity contribution < 1.29 is 27.9 Å². The number of carboxylic acids is 1. The smallest absolute Gasteiger partial charge is 0.391 e. The molecule has 1 rings (SSSR count). The van der Waals surface area contributed by atoms with E-state index in [-0.39, 0.29) is 6.54 Å². The summed E-state index contributed by atoms with van der Waals surface area (Å²) in [4.78, 5) is 23.5. The summed E-state index contributed by atoms with van der Waals surface area (Å²) in [6.07, 6.45) is -4.62. The van der Waals surface area contributed by atoms with Crippen molar-refractivity contribution in [3.05, 3.63) is 0 Å². The minimum absolute atomic E-state index is 0.252. The Hall–Kier alpha value is -1.47. The first-order valence-corrected chi connectivity index (χ1v) is 5.57. The van der Waals surface area contributed by atoms with E-state index in [1.165, 1.54) is 6.92 Å². The third kappa shape index (κ3) is 4.08. The maximum absolute atomic E-state index is 12.1. The molecule has 2 amide bonds. The molecule has 0 aromatic carbocycles. The van der Waals surface area contributed by atoms with Crippen LogP contribution in [-0.2, 0) is 4.79 Å². The van der Waals surface area contributed by atoms with Crippen LogP contribution in [0.2, 0.25) is 0 Å². The molecule has 0 aliphatic carbocycles. The Bertz CT molecular complexity index is 333. The molecular weight excluding hydrogens is 253 g/mol. The lowest BCUT2D eigenvalue weighted by molar-refractivity contribution is -0.142. The second-order valence-corrected chi connectivity index (χ2v) is 4.36. The van der Waals surface area contributed by atoms with Gasteiger partial charge in [0.25, 0.3) is 0 Å². The van der Waals surface area contributed by atoms with Crippen LogP contribution in [-0.4, -0.2) is 46.8 Å². The van der Waals surface area contributed by atoms with Crippen LogP contribution in [0.15, 0.2) is 0 Å².